The zero-order chi connectivity index (χ0) is 21.1. The molecule has 27 heavy (non-hydrogen) atoms. The number of carboxylic acid groups (broad SMARTS) is 2. The molecule has 0 rings (SSSR count). The first-order valence-electron chi connectivity index (χ1n) is 8.21. The number of carbonyl (C=O) groups is 4. The normalized spacial score (nSPS) is 16.6. The molecule has 0 heterocycles. The van der Waals surface area contributed by atoms with Crippen LogP contribution in [-0.4, -0.2) is 97.8 Å². The molecule has 0 fully saturated rings. The molecule has 0 saturated heterocycles. The Bertz CT molecular complexity index is 527. The van der Waals surface area contributed by atoms with Gasteiger partial charge in [-0.2, -0.15) is 0 Å². The SMILES string of the molecule is CC(NCCCC[C@H](NC(=O)C(=O)[C@H](O)[C@H](O)[C@@H](O)CO)C(=O)O)C(=O)O. The van der Waals surface area contributed by atoms with Crippen molar-refractivity contribution < 1.29 is 49.8 Å². The maximum Gasteiger partial charge on any atom is 0.326 e. The fraction of sp³-hybridized carbons (Fsp3) is 0.733. The van der Waals surface area contributed by atoms with Crippen LogP contribution in [0.25, 0.3) is 0 Å². The molecule has 0 aliphatic rings. The lowest BCUT2D eigenvalue weighted by molar-refractivity contribution is -0.152. The van der Waals surface area contributed by atoms with Crippen LogP contribution in [0.4, 0.5) is 0 Å². The van der Waals surface area contributed by atoms with Crippen LogP contribution >= 0.6 is 0 Å². The second-order valence-electron chi connectivity index (χ2n) is 5.92. The van der Waals surface area contributed by atoms with Crippen LogP contribution in [0, 0.1) is 0 Å². The predicted octanol–water partition coefficient (Wildman–Crippen LogP) is -3.57. The van der Waals surface area contributed by atoms with Crippen molar-refractivity contribution >= 4 is 23.6 Å². The average molecular weight is 394 g/mol. The molecule has 1 unspecified atom stereocenters. The maximum atomic E-state index is 11.8. The lowest BCUT2D eigenvalue weighted by Gasteiger charge is -2.21. The second-order valence-corrected chi connectivity index (χ2v) is 5.92. The number of Topliss-reactive ketones (excluding diaryl/α,β-unsaturated/α-hetero) is 1. The molecule has 8 N–H and O–H groups in total. The van der Waals surface area contributed by atoms with E-state index in [4.69, 9.17) is 20.4 Å². The minimum atomic E-state index is -2.33. The number of unbranched alkanes of at least 4 members (excludes halogenated alkanes) is 1. The third kappa shape index (κ3) is 8.88. The van der Waals surface area contributed by atoms with Gasteiger partial charge >= 0.3 is 11.9 Å². The van der Waals surface area contributed by atoms with Gasteiger partial charge in [0.25, 0.3) is 11.7 Å². The van der Waals surface area contributed by atoms with Gasteiger partial charge in [0.05, 0.1) is 6.61 Å². The van der Waals surface area contributed by atoms with E-state index < -0.39 is 60.6 Å². The molecule has 0 aliphatic heterocycles. The molecule has 0 saturated carbocycles. The Morgan fingerprint density at radius 1 is 0.963 bits per heavy atom. The van der Waals surface area contributed by atoms with Crippen molar-refractivity contribution in [2.45, 2.75) is 56.6 Å². The predicted molar refractivity (Wildman–Crippen MR) is 88.6 cm³/mol. The number of aliphatic hydroxyl groups is 4. The first-order chi connectivity index (χ1) is 12.5. The van der Waals surface area contributed by atoms with E-state index in [9.17, 15) is 29.4 Å². The Morgan fingerprint density at radius 3 is 2.04 bits per heavy atom. The van der Waals surface area contributed by atoms with Gasteiger partial charge in [-0.05, 0) is 32.7 Å². The molecule has 0 aromatic rings. The lowest BCUT2D eigenvalue weighted by Crippen LogP contribution is -2.52. The number of amides is 1. The van der Waals surface area contributed by atoms with Crippen molar-refractivity contribution in [2.75, 3.05) is 13.2 Å². The Labute approximate surface area is 154 Å². The fourth-order valence-electron chi connectivity index (χ4n) is 1.97. The van der Waals surface area contributed by atoms with Crippen molar-refractivity contribution in [3.05, 3.63) is 0 Å². The van der Waals surface area contributed by atoms with Crippen LogP contribution in [0.3, 0.4) is 0 Å². The number of nitrogens with one attached hydrogen (secondary N) is 2. The highest BCUT2D eigenvalue weighted by Crippen LogP contribution is 2.05. The Kier molecular flexibility index (Phi) is 11.3. The quantitative estimate of drug-likeness (QED) is 0.106. The van der Waals surface area contributed by atoms with Crippen molar-refractivity contribution in [1.29, 1.82) is 0 Å². The molecule has 12 heteroatoms. The van der Waals surface area contributed by atoms with E-state index in [1.54, 1.807) is 0 Å². The smallest absolute Gasteiger partial charge is 0.326 e. The van der Waals surface area contributed by atoms with Gasteiger partial charge in [0, 0.05) is 0 Å². The number of carbonyl (C=O) groups excluding carboxylic acids is 2. The van der Waals surface area contributed by atoms with E-state index in [-0.39, 0.29) is 6.42 Å². The van der Waals surface area contributed by atoms with E-state index >= 15 is 0 Å². The van der Waals surface area contributed by atoms with Crippen LogP contribution < -0.4 is 10.6 Å². The molecule has 0 aliphatic carbocycles. The van der Waals surface area contributed by atoms with Gasteiger partial charge in [0.1, 0.15) is 24.3 Å². The summed E-state index contributed by atoms with van der Waals surface area (Å²) in [7, 11) is 0. The van der Waals surface area contributed by atoms with Crippen LogP contribution in [0.1, 0.15) is 26.2 Å². The number of hydrogen-bond donors (Lipinski definition) is 8. The molecular weight excluding hydrogens is 368 g/mol. The van der Waals surface area contributed by atoms with E-state index in [1.165, 1.54) is 6.92 Å². The number of rotatable bonds is 14. The largest absolute Gasteiger partial charge is 0.480 e. The Balaban J connectivity index is 4.51. The number of aliphatic carboxylic acids is 2. The molecule has 0 bridgehead atoms. The van der Waals surface area contributed by atoms with Crippen LogP contribution in [0.5, 0.6) is 0 Å². The zero-order valence-electron chi connectivity index (χ0n) is 14.7. The van der Waals surface area contributed by atoms with Gasteiger partial charge in [-0.25, -0.2) is 4.79 Å². The van der Waals surface area contributed by atoms with Crippen molar-refractivity contribution in [3.8, 4) is 0 Å². The van der Waals surface area contributed by atoms with Gasteiger partial charge in [-0.15, -0.1) is 0 Å². The number of hydrogen-bond acceptors (Lipinski definition) is 9. The zero-order valence-corrected chi connectivity index (χ0v) is 14.7. The van der Waals surface area contributed by atoms with E-state index in [0.29, 0.717) is 19.4 Å². The van der Waals surface area contributed by atoms with E-state index in [1.807, 2.05) is 5.32 Å². The topological polar surface area (TPSA) is 214 Å². The van der Waals surface area contributed by atoms with Crippen LogP contribution in [0.2, 0.25) is 0 Å². The fourth-order valence-corrected chi connectivity index (χ4v) is 1.97. The Hall–Kier alpha value is -2.12. The molecular formula is C15H26N2O10. The molecule has 12 nitrogen and oxygen atoms in total. The van der Waals surface area contributed by atoms with Crippen molar-refractivity contribution in [3.63, 3.8) is 0 Å². The van der Waals surface area contributed by atoms with Crippen LogP contribution in [-0.2, 0) is 19.2 Å². The molecule has 0 radical (unpaired) electrons. The second kappa shape index (κ2) is 12.3. The summed E-state index contributed by atoms with van der Waals surface area (Å²) in [5.41, 5.74) is 0. The summed E-state index contributed by atoms with van der Waals surface area (Å²) in [4.78, 5) is 45.3. The molecule has 0 aromatic heterocycles. The molecule has 156 valence electrons. The highest BCUT2D eigenvalue weighted by Gasteiger charge is 2.35. The summed E-state index contributed by atoms with van der Waals surface area (Å²) in [6.07, 6.45) is -5.65. The van der Waals surface area contributed by atoms with Crippen LogP contribution in [0.15, 0.2) is 0 Å². The first kappa shape index (κ1) is 24.9. The van der Waals surface area contributed by atoms with E-state index in [2.05, 4.69) is 5.32 Å². The standard InChI is InChI=1S/C15H26N2O10/c1-7(14(24)25)16-5-3-2-4-8(15(26)27)17-13(23)12(22)11(21)10(20)9(19)6-18/h7-11,16,18-21H,2-6H2,1H3,(H,17,23)(H,24,25)(H,26,27)/t7?,8-,9-,10+,11+/m0/s1. The van der Waals surface area contributed by atoms with Gasteiger partial charge in [0.15, 0.2) is 6.10 Å². The Morgan fingerprint density at radius 2 is 1.56 bits per heavy atom. The molecule has 1 amide bonds. The lowest BCUT2D eigenvalue weighted by atomic mass is 10.0. The maximum absolute atomic E-state index is 11.8. The third-order valence-electron chi connectivity index (χ3n) is 3.74. The summed E-state index contributed by atoms with van der Waals surface area (Å²) in [5.74, 6) is -5.47. The van der Waals surface area contributed by atoms with Gasteiger partial charge in [-0.3, -0.25) is 14.4 Å². The molecule has 5 atom stereocenters. The summed E-state index contributed by atoms with van der Waals surface area (Å²) < 4.78 is 0. The summed E-state index contributed by atoms with van der Waals surface area (Å²) in [5, 5.41) is 59.1. The first-order valence-corrected chi connectivity index (χ1v) is 8.21. The van der Waals surface area contributed by atoms with Gasteiger partial charge < -0.3 is 41.3 Å². The summed E-state index contributed by atoms with van der Waals surface area (Å²) in [6, 6.07) is -2.20. The monoisotopic (exact) mass is 394 g/mol. The average Bonchev–Trinajstić information content (AvgIpc) is 2.63. The number of carboxylic acids is 2. The third-order valence-corrected chi connectivity index (χ3v) is 3.74. The summed E-state index contributed by atoms with van der Waals surface area (Å²) in [6.45, 7) is 0.789. The number of ketones is 1. The highest BCUT2D eigenvalue weighted by molar-refractivity contribution is 6.38. The minimum absolute atomic E-state index is 0.0601. The van der Waals surface area contributed by atoms with Gasteiger partial charge in [-0.1, -0.05) is 0 Å². The molecule has 0 spiro atoms. The van der Waals surface area contributed by atoms with Crippen molar-refractivity contribution in [1.82, 2.24) is 10.6 Å². The van der Waals surface area contributed by atoms with Crippen molar-refractivity contribution in [2.24, 2.45) is 0 Å². The summed E-state index contributed by atoms with van der Waals surface area (Å²) >= 11 is 0. The van der Waals surface area contributed by atoms with Gasteiger partial charge in [0.2, 0.25) is 0 Å². The molecule has 0 aromatic carbocycles. The number of aliphatic hydroxyl groups excluding tert-OH is 4. The minimum Gasteiger partial charge on any atom is -0.480 e. The highest BCUT2D eigenvalue weighted by atomic mass is 16.4. The van der Waals surface area contributed by atoms with E-state index in [0.717, 1.165) is 0 Å².